The van der Waals surface area contributed by atoms with E-state index in [0.29, 0.717) is 11.4 Å². The SMILES string of the molecule is Cc1noc(C)c1CSCc1cc(=O)n2c(C)cccc2n1. The lowest BCUT2D eigenvalue weighted by atomic mass is 10.2. The molecule has 3 aromatic heterocycles. The Morgan fingerprint density at radius 2 is 2.05 bits per heavy atom. The molecule has 0 aliphatic heterocycles. The summed E-state index contributed by atoms with van der Waals surface area (Å²) in [7, 11) is 0. The quantitative estimate of drug-likeness (QED) is 0.740. The molecular weight excluding hydrogens is 298 g/mol. The van der Waals surface area contributed by atoms with Crippen molar-refractivity contribution in [3.63, 3.8) is 0 Å². The largest absolute Gasteiger partial charge is 0.361 e. The van der Waals surface area contributed by atoms with E-state index in [1.54, 1.807) is 22.2 Å². The predicted octanol–water partition coefficient (Wildman–Crippen LogP) is 3.04. The first-order valence-electron chi connectivity index (χ1n) is 7.04. The van der Waals surface area contributed by atoms with Crippen LogP contribution in [0.15, 0.2) is 33.6 Å². The van der Waals surface area contributed by atoms with Crippen molar-refractivity contribution < 1.29 is 4.52 Å². The number of rotatable bonds is 4. The molecule has 0 N–H and O–H groups in total. The molecule has 114 valence electrons. The standard InChI is InChI=1S/C16H17N3O2S/c1-10-5-4-6-15-17-13(7-16(20)19(10)15)8-22-9-14-11(2)18-21-12(14)3/h4-7H,8-9H2,1-3H3. The van der Waals surface area contributed by atoms with Crippen LogP contribution in [0.3, 0.4) is 0 Å². The van der Waals surface area contributed by atoms with Crippen molar-refractivity contribution >= 4 is 17.4 Å². The van der Waals surface area contributed by atoms with Gasteiger partial charge in [0.25, 0.3) is 5.56 Å². The summed E-state index contributed by atoms with van der Waals surface area (Å²) < 4.78 is 6.78. The molecule has 0 aliphatic rings. The molecule has 0 aromatic carbocycles. The first kappa shape index (κ1) is 14.8. The molecule has 3 heterocycles. The topological polar surface area (TPSA) is 60.4 Å². The van der Waals surface area contributed by atoms with Crippen molar-refractivity contribution in [2.75, 3.05) is 0 Å². The maximum Gasteiger partial charge on any atom is 0.258 e. The van der Waals surface area contributed by atoms with Crippen molar-refractivity contribution in [2.24, 2.45) is 0 Å². The van der Waals surface area contributed by atoms with E-state index in [2.05, 4.69) is 10.1 Å². The zero-order valence-corrected chi connectivity index (χ0v) is 13.6. The summed E-state index contributed by atoms with van der Waals surface area (Å²) in [6.45, 7) is 5.76. The predicted molar refractivity (Wildman–Crippen MR) is 87.2 cm³/mol. The molecule has 0 saturated heterocycles. The summed E-state index contributed by atoms with van der Waals surface area (Å²) in [5.74, 6) is 2.34. The summed E-state index contributed by atoms with van der Waals surface area (Å²) in [5, 5.41) is 3.95. The summed E-state index contributed by atoms with van der Waals surface area (Å²) in [6.07, 6.45) is 0. The van der Waals surface area contributed by atoms with Crippen LogP contribution in [0.2, 0.25) is 0 Å². The van der Waals surface area contributed by atoms with Gasteiger partial charge in [0.05, 0.1) is 11.4 Å². The fourth-order valence-electron chi connectivity index (χ4n) is 2.40. The molecule has 0 bridgehead atoms. The van der Waals surface area contributed by atoms with E-state index < -0.39 is 0 Å². The first-order chi connectivity index (χ1) is 10.6. The van der Waals surface area contributed by atoms with Gasteiger partial charge in [-0.25, -0.2) is 4.98 Å². The van der Waals surface area contributed by atoms with Crippen LogP contribution in [-0.4, -0.2) is 14.5 Å². The van der Waals surface area contributed by atoms with Crippen LogP contribution in [0.5, 0.6) is 0 Å². The van der Waals surface area contributed by atoms with Gasteiger partial charge >= 0.3 is 0 Å². The average Bonchev–Trinajstić information content (AvgIpc) is 2.79. The molecule has 0 fully saturated rings. The number of aryl methyl sites for hydroxylation is 3. The Labute approximate surface area is 132 Å². The molecule has 0 amide bonds. The zero-order valence-electron chi connectivity index (χ0n) is 12.8. The van der Waals surface area contributed by atoms with Gasteiger partial charge in [0.15, 0.2) is 0 Å². The highest BCUT2D eigenvalue weighted by atomic mass is 32.2. The Morgan fingerprint density at radius 3 is 2.77 bits per heavy atom. The molecular formula is C16H17N3O2S. The van der Waals surface area contributed by atoms with Gasteiger partial charge in [-0.05, 0) is 32.9 Å². The summed E-state index contributed by atoms with van der Waals surface area (Å²) in [6, 6.07) is 7.29. The highest BCUT2D eigenvalue weighted by molar-refractivity contribution is 7.97. The second-order valence-electron chi connectivity index (χ2n) is 5.24. The van der Waals surface area contributed by atoms with Crippen molar-refractivity contribution in [1.82, 2.24) is 14.5 Å². The summed E-state index contributed by atoms with van der Waals surface area (Å²) in [5.41, 5.74) is 4.40. The molecule has 5 nitrogen and oxygen atoms in total. The van der Waals surface area contributed by atoms with Crippen LogP contribution in [0.1, 0.15) is 28.4 Å². The molecule has 0 spiro atoms. The molecule has 0 saturated carbocycles. The van der Waals surface area contributed by atoms with E-state index in [1.807, 2.05) is 39.0 Å². The maximum absolute atomic E-state index is 12.2. The average molecular weight is 315 g/mol. The number of pyridine rings is 1. The Balaban J connectivity index is 1.79. The molecule has 6 heteroatoms. The van der Waals surface area contributed by atoms with E-state index in [-0.39, 0.29) is 5.56 Å². The number of hydrogen-bond donors (Lipinski definition) is 0. The lowest BCUT2D eigenvalue weighted by Gasteiger charge is -2.06. The van der Waals surface area contributed by atoms with E-state index in [4.69, 9.17) is 4.52 Å². The molecule has 0 atom stereocenters. The fourth-order valence-corrected chi connectivity index (χ4v) is 3.48. The summed E-state index contributed by atoms with van der Waals surface area (Å²) in [4.78, 5) is 16.8. The van der Waals surface area contributed by atoms with Crippen LogP contribution in [0.25, 0.3) is 5.65 Å². The third-order valence-electron chi connectivity index (χ3n) is 3.61. The van der Waals surface area contributed by atoms with Gasteiger partial charge in [0.1, 0.15) is 11.4 Å². The lowest BCUT2D eigenvalue weighted by molar-refractivity contribution is 0.392. The molecule has 0 unspecified atom stereocenters. The van der Waals surface area contributed by atoms with Crippen LogP contribution in [-0.2, 0) is 11.5 Å². The van der Waals surface area contributed by atoms with E-state index in [0.717, 1.165) is 34.2 Å². The van der Waals surface area contributed by atoms with Gasteiger partial charge in [-0.1, -0.05) is 11.2 Å². The van der Waals surface area contributed by atoms with Crippen molar-refractivity contribution in [3.8, 4) is 0 Å². The molecule has 22 heavy (non-hydrogen) atoms. The van der Waals surface area contributed by atoms with Crippen LogP contribution in [0.4, 0.5) is 0 Å². The first-order valence-corrected chi connectivity index (χ1v) is 8.19. The summed E-state index contributed by atoms with van der Waals surface area (Å²) >= 11 is 1.70. The van der Waals surface area contributed by atoms with Gasteiger partial charge in [-0.3, -0.25) is 9.20 Å². The monoisotopic (exact) mass is 315 g/mol. The van der Waals surface area contributed by atoms with Gasteiger partial charge < -0.3 is 4.52 Å². The smallest absolute Gasteiger partial charge is 0.258 e. The Kier molecular flexibility index (Phi) is 4.02. The van der Waals surface area contributed by atoms with Crippen LogP contribution >= 0.6 is 11.8 Å². The maximum atomic E-state index is 12.2. The van der Waals surface area contributed by atoms with Crippen LogP contribution < -0.4 is 5.56 Å². The minimum atomic E-state index is -0.0314. The number of nitrogens with zero attached hydrogens (tertiary/aromatic N) is 3. The number of thioether (sulfide) groups is 1. The Hall–Kier alpha value is -2.08. The highest BCUT2D eigenvalue weighted by Crippen LogP contribution is 2.21. The highest BCUT2D eigenvalue weighted by Gasteiger charge is 2.10. The molecule has 0 aliphatic carbocycles. The van der Waals surface area contributed by atoms with Gasteiger partial charge in [-0.15, -0.1) is 0 Å². The van der Waals surface area contributed by atoms with E-state index >= 15 is 0 Å². The van der Waals surface area contributed by atoms with E-state index in [9.17, 15) is 4.79 Å². The van der Waals surface area contributed by atoms with Gasteiger partial charge in [0.2, 0.25) is 0 Å². The second kappa shape index (κ2) is 5.96. The third kappa shape index (κ3) is 2.78. The second-order valence-corrected chi connectivity index (χ2v) is 6.23. The Morgan fingerprint density at radius 1 is 1.23 bits per heavy atom. The Bertz CT molecular complexity index is 863. The lowest BCUT2D eigenvalue weighted by Crippen LogP contribution is -2.17. The minimum Gasteiger partial charge on any atom is -0.361 e. The number of aromatic nitrogens is 3. The number of hydrogen-bond acceptors (Lipinski definition) is 5. The third-order valence-corrected chi connectivity index (χ3v) is 4.60. The number of fused-ring (bicyclic) bond motifs is 1. The zero-order chi connectivity index (χ0) is 15.7. The van der Waals surface area contributed by atoms with E-state index in [1.165, 1.54) is 0 Å². The van der Waals surface area contributed by atoms with Crippen molar-refractivity contribution in [2.45, 2.75) is 32.3 Å². The van der Waals surface area contributed by atoms with Gasteiger partial charge in [-0.2, -0.15) is 11.8 Å². The van der Waals surface area contributed by atoms with Crippen LogP contribution in [0, 0.1) is 20.8 Å². The van der Waals surface area contributed by atoms with Crippen molar-refractivity contribution in [1.29, 1.82) is 0 Å². The molecule has 3 rings (SSSR count). The van der Waals surface area contributed by atoms with Gasteiger partial charge in [0, 0.05) is 28.8 Å². The molecule has 0 radical (unpaired) electrons. The fraction of sp³-hybridized carbons (Fsp3) is 0.312. The van der Waals surface area contributed by atoms with Crippen molar-refractivity contribution in [3.05, 3.63) is 63.0 Å². The normalized spacial score (nSPS) is 11.2. The molecule has 3 aromatic rings. The minimum absolute atomic E-state index is 0.0314.